The average molecular weight is 532 g/mol. The van der Waals surface area contributed by atoms with E-state index < -0.39 is 40.2 Å². The minimum atomic E-state index is -4.24. The van der Waals surface area contributed by atoms with Gasteiger partial charge in [0.05, 0.1) is 15.6 Å². The number of carbonyl (C=O) groups is 2. The third kappa shape index (κ3) is 6.22. The van der Waals surface area contributed by atoms with Gasteiger partial charge in [0, 0.05) is 13.6 Å². The normalized spacial score (nSPS) is 12.0. The lowest BCUT2D eigenvalue weighted by Gasteiger charge is -2.32. The van der Waals surface area contributed by atoms with Crippen LogP contribution in [-0.2, 0) is 26.2 Å². The van der Waals surface area contributed by atoms with Crippen LogP contribution in [0.3, 0.4) is 0 Å². The van der Waals surface area contributed by atoms with Crippen LogP contribution < -0.4 is 9.62 Å². The van der Waals surface area contributed by atoms with Crippen molar-refractivity contribution in [1.82, 2.24) is 10.2 Å². The van der Waals surface area contributed by atoms with Crippen molar-refractivity contribution in [3.8, 4) is 0 Å². The first kappa shape index (κ1) is 27.2. The van der Waals surface area contributed by atoms with Crippen molar-refractivity contribution >= 4 is 39.1 Å². The third-order valence-electron chi connectivity index (χ3n) is 5.65. The van der Waals surface area contributed by atoms with Crippen molar-refractivity contribution in [1.29, 1.82) is 0 Å². The van der Waals surface area contributed by atoms with E-state index in [0.29, 0.717) is 0 Å². The van der Waals surface area contributed by atoms with Gasteiger partial charge in [-0.3, -0.25) is 13.9 Å². The number of hydrogen-bond donors (Lipinski definition) is 1. The zero-order chi connectivity index (χ0) is 26.5. The maximum Gasteiger partial charge on any atom is 0.264 e. The Balaban J connectivity index is 2.05. The molecule has 0 aromatic heterocycles. The van der Waals surface area contributed by atoms with Gasteiger partial charge in [-0.2, -0.15) is 0 Å². The number of aryl methyl sites for hydroxylation is 1. The Morgan fingerprint density at radius 3 is 2.33 bits per heavy atom. The molecule has 0 radical (unpaired) electrons. The van der Waals surface area contributed by atoms with Crippen LogP contribution in [0.2, 0.25) is 5.02 Å². The first-order valence-electron chi connectivity index (χ1n) is 11.1. The maximum atomic E-state index is 13.9. The number of nitrogens with one attached hydrogen (secondary N) is 1. The summed E-state index contributed by atoms with van der Waals surface area (Å²) in [6, 6.07) is 17.6. The molecule has 2 amide bonds. The fraction of sp³-hybridized carbons (Fsp3) is 0.231. The van der Waals surface area contributed by atoms with Gasteiger partial charge in [-0.15, -0.1) is 0 Å². The van der Waals surface area contributed by atoms with Gasteiger partial charge in [-0.25, -0.2) is 12.8 Å². The van der Waals surface area contributed by atoms with Crippen LogP contribution in [0.15, 0.2) is 77.7 Å². The molecule has 1 N–H and O–H groups in total. The summed E-state index contributed by atoms with van der Waals surface area (Å²) >= 11 is 5.94. The largest absolute Gasteiger partial charge is 0.357 e. The second-order valence-corrected chi connectivity index (χ2v) is 10.5. The van der Waals surface area contributed by atoms with Crippen LogP contribution in [0.1, 0.15) is 18.1 Å². The molecular formula is C26H27ClFN3O4S. The number of hydrogen-bond acceptors (Lipinski definition) is 4. The second-order valence-electron chi connectivity index (χ2n) is 8.22. The molecule has 10 heteroatoms. The highest BCUT2D eigenvalue weighted by molar-refractivity contribution is 7.92. The molecule has 3 aromatic rings. The molecule has 0 aliphatic rings. The number of rotatable bonds is 9. The van der Waals surface area contributed by atoms with Crippen molar-refractivity contribution in [3.63, 3.8) is 0 Å². The number of sulfonamides is 1. The summed E-state index contributed by atoms with van der Waals surface area (Å²) in [6.07, 6.45) is 0. The second kappa shape index (κ2) is 11.5. The Bertz CT molecular complexity index is 1350. The van der Waals surface area contributed by atoms with Crippen LogP contribution in [0, 0.1) is 12.7 Å². The molecule has 3 rings (SSSR count). The molecule has 3 aromatic carbocycles. The summed E-state index contributed by atoms with van der Waals surface area (Å²) in [5, 5.41) is 2.24. The molecule has 0 heterocycles. The zero-order valence-electron chi connectivity index (χ0n) is 20.1. The van der Waals surface area contributed by atoms with Crippen LogP contribution in [0.4, 0.5) is 10.1 Å². The van der Waals surface area contributed by atoms with Crippen molar-refractivity contribution in [3.05, 3.63) is 94.8 Å². The Morgan fingerprint density at radius 2 is 1.72 bits per heavy atom. The summed E-state index contributed by atoms with van der Waals surface area (Å²) in [6.45, 7) is 2.92. The van der Waals surface area contributed by atoms with E-state index in [1.165, 1.54) is 30.1 Å². The lowest BCUT2D eigenvalue weighted by molar-refractivity contribution is -0.139. The topological polar surface area (TPSA) is 86.8 Å². The third-order valence-corrected chi connectivity index (χ3v) is 7.73. The quantitative estimate of drug-likeness (QED) is 0.449. The Labute approximate surface area is 215 Å². The van der Waals surface area contributed by atoms with Gasteiger partial charge in [-0.05, 0) is 49.7 Å². The van der Waals surface area contributed by atoms with Crippen molar-refractivity contribution < 1.29 is 22.4 Å². The predicted molar refractivity (Wildman–Crippen MR) is 138 cm³/mol. The minimum Gasteiger partial charge on any atom is -0.357 e. The van der Waals surface area contributed by atoms with E-state index in [0.717, 1.165) is 27.6 Å². The molecule has 0 fully saturated rings. The van der Waals surface area contributed by atoms with E-state index in [9.17, 15) is 22.4 Å². The molecule has 0 saturated heterocycles. The Hall–Kier alpha value is -3.43. The first-order chi connectivity index (χ1) is 17.0. The number of anilines is 1. The average Bonchev–Trinajstić information content (AvgIpc) is 2.87. The van der Waals surface area contributed by atoms with Crippen molar-refractivity contribution in [2.45, 2.75) is 31.3 Å². The van der Waals surface area contributed by atoms with Gasteiger partial charge in [0.15, 0.2) is 0 Å². The molecule has 1 atom stereocenters. The van der Waals surface area contributed by atoms with E-state index in [2.05, 4.69) is 5.32 Å². The smallest absolute Gasteiger partial charge is 0.264 e. The van der Waals surface area contributed by atoms with Crippen molar-refractivity contribution in [2.24, 2.45) is 0 Å². The molecule has 1 unspecified atom stereocenters. The summed E-state index contributed by atoms with van der Waals surface area (Å²) in [5.74, 6) is -1.75. The number of carbonyl (C=O) groups excluding carboxylic acids is 2. The van der Waals surface area contributed by atoms with Gasteiger partial charge in [0.1, 0.15) is 18.4 Å². The van der Waals surface area contributed by atoms with Gasteiger partial charge < -0.3 is 10.2 Å². The molecule has 0 aliphatic heterocycles. The van der Waals surface area contributed by atoms with Crippen LogP contribution in [0.25, 0.3) is 0 Å². The first-order valence-corrected chi connectivity index (χ1v) is 13.0. The lowest BCUT2D eigenvalue weighted by Crippen LogP contribution is -2.50. The molecule has 190 valence electrons. The fourth-order valence-corrected chi connectivity index (χ4v) is 5.29. The highest BCUT2D eigenvalue weighted by atomic mass is 35.5. The van der Waals surface area contributed by atoms with E-state index in [4.69, 9.17) is 11.6 Å². The predicted octanol–water partition coefficient (Wildman–Crippen LogP) is 4.15. The van der Waals surface area contributed by atoms with Gasteiger partial charge in [-0.1, -0.05) is 59.6 Å². The van der Waals surface area contributed by atoms with Crippen LogP contribution in [0.5, 0.6) is 0 Å². The summed E-state index contributed by atoms with van der Waals surface area (Å²) < 4.78 is 41.9. The number of halogens is 2. The maximum absolute atomic E-state index is 13.9. The Kier molecular flexibility index (Phi) is 8.70. The molecule has 36 heavy (non-hydrogen) atoms. The van der Waals surface area contributed by atoms with E-state index in [1.807, 2.05) is 31.2 Å². The molecule has 0 aliphatic carbocycles. The molecular weight excluding hydrogens is 505 g/mol. The van der Waals surface area contributed by atoms with Crippen LogP contribution >= 0.6 is 11.6 Å². The molecule has 0 saturated carbocycles. The number of benzene rings is 3. The summed E-state index contributed by atoms with van der Waals surface area (Å²) in [7, 11) is -2.78. The molecule has 0 bridgehead atoms. The van der Waals surface area contributed by atoms with E-state index in [-0.39, 0.29) is 22.2 Å². The number of nitrogens with zero attached hydrogens (tertiary/aromatic N) is 2. The van der Waals surface area contributed by atoms with Gasteiger partial charge >= 0.3 is 0 Å². The lowest BCUT2D eigenvalue weighted by atomic mass is 10.1. The van der Waals surface area contributed by atoms with E-state index in [1.54, 1.807) is 25.1 Å². The minimum absolute atomic E-state index is 0.0155. The van der Waals surface area contributed by atoms with E-state index >= 15 is 0 Å². The molecule has 0 spiro atoms. The van der Waals surface area contributed by atoms with Crippen molar-refractivity contribution in [2.75, 3.05) is 17.9 Å². The Morgan fingerprint density at radius 1 is 1.03 bits per heavy atom. The van der Waals surface area contributed by atoms with Gasteiger partial charge in [0.25, 0.3) is 10.0 Å². The zero-order valence-corrected chi connectivity index (χ0v) is 21.7. The SMILES string of the molecule is CNC(=O)C(C)N(Cc1cccc(C)c1)C(=O)CN(c1ccc(F)c(Cl)c1)S(=O)(=O)c1ccccc1. The monoisotopic (exact) mass is 531 g/mol. The summed E-state index contributed by atoms with van der Waals surface area (Å²) in [4.78, 5) is 27.4. The van der Waals surface area contributed by atoms with Gasteiger partial charge in [0.2, 0.25) is 11.8 Å². The highest BCUT2D eigenvalue weighted by Crippen LogP contribution is 2.28. The number of amides is 2. The number of likely N-dealkylation sites (N-methyl/N-ethyl adjacent to an activating group) is 1. The summed E-state index contributed by atoms with van der Waals surface area (Å²) in [5.41, 5.74) is 1.77. The molecule has 7 nitrogen and oxygen atoms in total. The highest BCUT2D eigenvalue weighted by Gasteiger charge is 2.32. The fourth-order valence-electron chi connectivity index (χ4n) is 3.69. The standard InChI is InChI=1S/C26H27ClFN3O4S/c1-18-8-7-9-20(14-18)16-30(19(2)26(33)29-3)25(32)17-31(21-12-13-24(28)23(27)15-21)36(34,35)22-10-5-4-6-11-22/h4-15,19H,16-17H2,1-3H3,(H,29,33). The van der Waals surface area contributed by atoms with Crippen LogP contribution in [-0.4, -0.2) is 44.8 Å².